The molecule has 0 aliphatic heterocycles. The summed E-state index contributed by atoms with van der Waals surface area (Å²) in [4.78, 5) is 0. The number of rotatable bonds is 2. The standard InChI is InChI=1S/C12H22N2/c13-7-11-5-3-9(6-11)10-2-1-4-12(10,11)8-14/h9-10H,1-8,13-14H2. The fourth-order valence-electron chi connectivity index (χ4n) is 5.27. The van der Waals surface area contributed by atoms with Gasteiger partial charge in [-0.3, -0.25) is 0 Å². The second kappa shape index (κ2) is 2.73. The van der Waals surface area contributed by atoms with E-state index in [0.29, 0.717) is 10.8 Å². The fourth-order valence-corrected chi connectivity index (χ4v) is 5.27. The van der Waals surface area contributed by atoms with Crippen LogP contribution in [0.25, 0.3) is 0 Å². The van der Waals surface area contributed by atoms with Crippen LogP contribution in [-0.4, -0.2) is 13.1 Å². The summed E-state index contributed by atoms with van der Waals surface area (Å²) in [5.41, 5.74) is 13.1. The van der Waals surface area contributed by atoms with E-state index >= 15 is 0 Å². The molecule has 3 fully saturated rings. The molecule has 2 heteroatoms. The van der Waals surface area contributed by atoms with E-state index in [1.54, 1.807) is 0 Å². The SMILES string of the molecule is NCC12CCC(C1)C1CCCC12CN. The van der Waals surface area contributed by atoms with Crippen LogP contribution in [-0.2, 0) is 0 Å². The molecule has 0 aromatic carbocycles. The summed E-state index contributed by atoms with van der Waals surface area (Å²) in [5, 5.41) is 0. The Kier molecular flexibility index (Phi) is 1.79. The average molecular weight is 194 g/mol. The molecule has 4 N–H and O–H groups in total. The minimum absolute atomic E-state index is 0.452. The molecular formula is C12H22N2. The van der Waals surface area contributed by atoms with Gasteiger partial charge in [-0.05, 0) is 67.9 Å². The van der Waals surface area contributed by atoms with E-state index in [1.807, 2.05) is 0 Å². The smallest absolute Gasteiger partial charge is 0.00120 e. The average Bonchev–Trinajstić information content (AvgIpc) is 2.88. The van der Waals surface area contributed by atoms with E-state index in [4.69, 9.17) is 11.5 Å². The molecule has 3 aliphatic carbocycles. The molecule has 2 bridgehead atoms. The monoisotopic (exact) mass is 194 g/mol. The Bertz CT molecular complexity index is 253. The van der Waals surface area contributed by atoms with E-state index in [9.17, 15) is 0 Å². The van der Waals surface area contributed by atoms with Crippen molar-refractivity contribution in [2.75, 3.05) is 13.1 Å². The lowest BCUT2D eigenvalue weighted by Gasteiger charge is -2.47. The maximum Gasteiger partial charge on any atom is -0.00120 e. The fraction of sp³-hybridized carbons (Fsp3) is 1.00. The van der Waals surface area contributed by atoms with Crippen molar-refractivity contribution in [1.29, 1.82) is 0 Å². The second-order valence-electron chi connectivity index (χ2n) is 5.85. The zero-order chi connectivity index (χ0) is 9.81. The Morgan fingerprint density at radius 2 is 1.93 bits per heavy atom. The number of fused-ring (bicyclic) bond motifs is 5. The van der Waals surface area contributed by atoms with E-state index in [1.165, 1.54) is 38.5 Å². The third-order valence-electron chi connectivity index (χ3n) is 5.87. The maximum absolute atomic E-state index is 6.10. The molecule has 0 spiro atoms. The normalized spacial score (nSPS) is 55.3. The molecule has 3 saturated carbocycles. The molecule has 4 atom stereocenters. The maximum atomic E-state index is 6.10. The van der Waals surface area contributed by atoms with E-state index in [2.05, 4.69) is 0 Å². The van der Waals surface area contributed by atoms with Crippen molar-refractivity contribution < 1.29 is 0 Å². The molecular weight excluding hydrogens is 172 g/mol. The first-order valence-corrected chi connectivity index (χ1v) is 6.18. The Balaban J connectivity index is 2.04. The molecule has 0 amide bonds. The van der Waals surface area contributed by atoms with Gasteiger partial charge in [0.05, 0.1) is 0 Å². The predicted octanol–water partition coefficient (Wildman–Crippen LogP) is 1.49. The summed E-state index contributed by atoms with van der Waals surface area (Å²) in [6.07, 6.45) is 8.39. The van der Waals surface area contributed by atoms with Crippen molar-refractivity contribution in [2.24, 2.45) is 34.1 Å². The zero-order valence-electron chi connectivity index (χ0n) is 8.97. The third-order valence-corrected chi connectivity index (χ3v) is 5.87. The minimum atomic E-state index is 0.452. The van der Waals surface area contributed by atoms with Crippen LogP contribution in [0.5, 0.6) is 0 Å². The van der Waals surface area contributed by atoms with Gasteiger partial charge >= 0.3 is 0 Å². The highest BCUT2D eigenvalue weighted by atomic mass is 14.8. The van der Waals surface area contributed by atoms with Gasteiger partial charge in [-0.1, -0.05) is 6.42 Å². The summed E-state index contributed by atoms with van der Waals surface area (Å²) >= 11 is 0. The highest BCUT2D eigenvalue weighted by Crippen LogP contribution is 2.71. The molecule has 4 unspecified atom stereocenters. The second-order valence-corrected chi connectivity index (χ2v) is 5.85. The van der Waals surface area contributed by atoms with Gasteiger partial charge in [0.1, 0.15) is 0 Å². The largest absolute Gasteiger partial charge is 0.330 e. The number of nitrogens with two attached hydrogens (primary N) is 2. The van der Waals surface area contributed by atoms with Gasteiger partial charge in [0.2, 0.25) is 0 Å². The number of hydrogen-bond donors (Lipinski definition) is 2. The zero-order valence-corrected chi connectivity index (χ0v) is 8.97. The van der Waals surface area contributed by atoms with E-state index in [0.717, 1.165) is 24.9 Å². The first-order valence-electron chi connectivity index (χ1n) is 6.18. The van der Waals surface area contributed by atoms with Gasteiger partial charge in [0.15, 0.2) is 0 Å². The van der Waals surface area contributed by atoms with E-state index < -0.39 is 0 Å². The van der Waals surface area contributed by atoms with Crippen LogP contribution in [0.3, 0.4) is 0 Å². The van der Waals surface area contributed by atoms with Gasteiger partial charge in [-0.25, -0.2) is 0 Å². The summed E-state index contributed by atoms with van der Waals surface area (Å²) in [6.45, 7) is 1.78. The van der Waals surface area contributed by atoms with Crippen LogP contribution in [0.4, 0.5) is 0 Å². The first-order chi connectivity index (χ1) is 6.78. The summed E-state index contributed by atoms with van der Waals surface area (Å²) in [7, 11) is 0. The number of hydrogen-bond acceptors (Lipinski definition) is 2. The molecule has 14 heavy (non-hydrogen) atoms. The molecule has 3 aliphatic rings. The predicted molar refractivity (Wildman–Crippen MR) is 57.7 cm³/mol. The van der Waals surface area contributed by atoms with Crippen LogP contribution >= 0.6 is 0 Å². The third kappa shape index (κ3) is 0.772. The molecule has 3 rings (SSSR count). The molecule has 2 nitrogen and oxygen atoms in total. The van der Waals surface area contributed by atoms with Gasteiger partial charge < -0.3 is 11.5 Å². The first kappa shape index (κ1) is 9.17. The Morgan fingerprint density at radius 1 is 1.07 bits per heavy atom. The highest BCUT2D eigenvalue weighted by Gasteiger charge is 2.66. The lowest BCUT2D eigenvalue weighted by Crippen LogP contribution is -2.49. The van der Waals surface area contributed by atoms with Gasteiger partial charge in [-0.2, -0.15) is 0 Å². The summed E-state index contributed by atoms with van der Waals surface area (Å²) in [6, 6.07) is 0. The van der Waals surface area contributed by atoms with Crippen molar-refractivity contribution in [3.05, 3.63) is 0 Å². The minimum Gasteiger partial charge on any atom is -0.330 e. The highest BCUT2D eigenvalue weighted by molar-refractivity contribution is 5.17. The Labute approximate surface area is 86.4 Å². The molecule has 0 aromatic rings. The van der Waals surface area contributed by atoms with Crippen LogP contribution in [0, 0.1) is 22.7 Å². The molecule has 80 valence electrons. The van der Waals surface area contributed by atoms with Crippen LogP contribution in [0.15, 0.2) is 0 Å². The topological polar surface area (TPSA) is 52.0 Å². The summed E-state index contributed by atoms with van der Waals surface area (Å²) in [5.74, 6) is 1.91. The van der Waals surface area contributed by atoms with Crippen molar-refractivity contribution in [1.82, 2.24) is 0 Å². The lowest BCUT2D eigenvalue weighted by atomic mass is 9.59. The van der Waals surface area contributed by atoms with Crippen LogP contribution < -0.4 is 11.5 Å². The van der Waals surface area contributed by atoms with Crippen molar-refractivity contribution >= 4 is 0 Å². The van der Waals surface area contributed by atoms with Crippen molar-refractivity contribution in [3.8, 4) is 0 Å². The molecule has 0 saturated heterocycles. The van der Waals surface area contributed by atoms with Gasteiger partial charge in [0.25, 0.3) is 0 Å². The molecule has 0 heterocycles. The van der Waals surface area contributed by atoms with Crippen molar-refractivity contribution in [2.45, 2.75) is 38.5 Å². The molecule has 0 aromatic heterocycles. The Hall–Kier alpha value is -0.0800. The van der Waals surface area contributed by atoms with E-state index in [-0.39, 0.29) is 0 Å². The van der Waals surface area contributed by atoms with Crippen molar-refractivity contribution in [3.63, 3.8) is 0 Å². The molecule has 0 radical (unpaired) electrons. The van der Waals surface area contributed by atoms with Crippen LogP contribution in [0.1, 0.15) is 38.5 Å². The Morgan fingerprint density at radius 3 is 2.64 bits per heavy atom. The lowest BCUT2D eigenvalue weighted by molar-refractivity contribution is 0.0376. The van der Waals surface area contributed by atoms with Gasteiger partial charge in [0, 0.05) is 0 Å². The summed E-state index contributed by atoms with van der Waals surface area (Å²) < 4.78 is 0. The quantitative estimate of drug-likeness (QED) is 0.700. The van der Waals surface area contributed by atoms with Gasteiger partial charge in [-0.15, -0.1) is 0 Å². The van der Waals surface area contributed by atoms with Crippen LogP contribution in [0.2, 0.25) is 0 Å².